The van der Waals surface area contributed by atoms with Gasteiger partial charge in [-0.05, 0) is 43.5 Å². The van der Waals surface area contributed by atoms with Gasteiger partial charge in [0.15, 0.2) is 0 Å². The Morgan fingerprint density at radius 1 is 1.33 bits per heavy atom. The molecule has 6 nitrogen and oxygen atoms in total. The lowest BCUT2D eigenvalue weighted by atomic mass is 10.0. The second-order valence-corrected chi connectivity index (χ2v) is 8.87. The maximum Gasteiger partial charge on any atom is 0.401 e. The van der Waals surface area contributed by atoms with Crippen molar-refractivity contribution in [2.45, 2.75) is 51.4 Å². The molecule has 1 unspecified atom stereocenters. The van der Waals surface area contributed by atoms with Crippen molar-refractivity contribution in [3.63, 3.8) is 0 Å². The van der Waals surface area contributed by atoms with E-state index in [2.05, 4.69) is 26.3 Å². The molecule has 0 saturated carbocycles. The summed E-state index contributed by atoms with van der Waals surface area (Å²) in [4.78, 5) is 26.7. The molecule has 1 saturated heterocycles. The molecule has 10 heteroatoms. The van der Waals surface area contributed by atoms with Crippen LogP contribution in [0.2, 0.25) is 0 Å². The van der Waals surface area contributed by atoms with Gasteiger partial charge in [0.05, 0.1) is 17.6 Å². The number of halogens is 4. The lowest BCUT2D eigenvalue weighted by Crippen LogP contribution is -2.50. The van der Waals surface area contributed by atoms with Crippen LogP contribution in [0.15, 0.2) is 27.5 Å². The fraction of sp³-hybridized carbons (Fsp3) is 0.550. The van der Waals surface area contributed by atoms with Crippen LogP contribution >= 0.6 is 15.9 Å². The number of likely N-dealkylation sites (tertiary alicyclic amines) is 1. The molecule has 0 spiro atoms. The van der Waals surface area contributed by atoms with E-state index in [0.717, 1.165) is 14.5 Å². The molecule has 0 aliphatic carbocycles. The van der Waals surface area contributed by atoms with E-state index in [9.17, 15) is 22.8 Å². The third kappa shape index (κ3) is 5.60. The molecule has 1 aliphatic heterocycles. The number of carbonyl (C=O) groups excluding carboxylic acids is 1. The van der Waals surface area contributed by atoms with E-state index < -0.39 is 18.6 Å². The summed E-state index contributed by atoms with van der Waals surface area (Å²) < 4.78 is 39.9. The fourth-order valence-electron chi connectivity index (χ4n) is 3.80. The number of hydrogen-bond acceptors (Lipinski definition) is 4. The van der Waals surface area contributed by atoms with Crippen molar-refractivity contribution in [1.82, 2.24) is 20.0 Å². The second kappa shape index (κ2) is 9.05. The van der Waals surface area contributed by atoms with E-state index in [-0.39, 0.29) is 30.6 Å². The molecular weight excluding hydrogens is 465 g/mol. The molecule has 0 bridgehead atoms. The van der Waals surface area contributed by atoms with Crippen molar-refractivity contribution in [2.75, 3.05) is 19.6 Å². The largest absolute Gasteiger partial charge is 0.401 e. The monoisotopic (exact) mass is 488 g/mol. The summed E-state index contributed by atoms with van der Waals surface area (Å²) in [6.07, 6.45) is -3.09. The minimum Gasteiger partial charge on any atom is -0.350 e. The lowest BCUT2D eigenvalue weighted by molar-refractivity contribution is -0.148. The van der Waals surface area contributed by atoms with Crippen LogP contribution in [0.5, 0.6) is 0 Å². The highest BCUT2D eigenvalue weighted by Crippen LogP contribution is 2.24. The molecule has 1 amide bonds. The Balaban J connectivity index is 1.76. The summed E-state index contributed by atoms with van der Waals surface area (Å²) in [6, 6.07) is 4.90. The normalized spacial score (nSPS) is 18.2. The van der Waals surface area contributed by atoms with Gasteiger partial charge in [-0.15, -0.1) is 0 Å². The van der Waals surface area contributed by atoms with Gasteiger partial charge in [-0.3, -0.25) is 14.5 Å². The highest BCUT2D eigenvalue weighted by atomic mass is 79.9. The van der Waals surface area contributed by atoms with Crippen molar-refractivity contribution in [3.8, 4) is 0 Å². The summed E-state index contributed by atoms with van der Waals surface area (Å²) in [6.45, 7) is 3.13. The van der Waals surface area contributed by atoms with Crippen molar-refractivity contribution in [3.05, 3.63) is 38.7 Å². The Morgan fingerprint density at radius 3 is 2.73 bits per heavy atom. The van der Waals surface area contributed by atoms with Crippen LogP contribution in [-0.4, -0.2) is 52.4 Å². The predicted octanol–water partition coefficient (Wildman–Crippen LogP) is 3.43. The molecule has 164 valence electrons. The van der Waals surface area contributed by atoms with Gasteiger partial charge < -0.3 is 5.32 Å². The summed E-state index contributed by atoms with van der Waals surface area (Å²) >= 11 is 3.40. The first-order valence-electron chi connectivity index (χ1n) is 9.82. The number of nitrogens with zero attached hydrogens (tertiary/aromatic N) is 3. The molecule has 30 heavy (non-hydrogen) atoms. The first-order chi connectivity index (χ1) is 14.0. The first-order valence-corrected chi connectivity index (χ1v) is 10.6. The van der Waals surface area contributed by atoms with Crippen molar-refractivity contribution >= 4 is 32.6 Å². The van der Waals surface area contributed by atoms with Gasteiger partial charge in [0, 0.05) is 22.4 Å². The number of aromatic nitrogens is 2. The number of piperidine rings is 1. The van der Waals surface area contributed by atoms with Gasteiger partial charge in [0.2, 0.25) is 5.91 Å². The molecule has 0 radical (unpaired) electrons. The zero-order valence-electron chi connectivity index (χ0n) is 16.8. The molecule has 1 aliphatic rings. The maximum absolute atomic E-state index is 12.8. The average molecular weight is 489 g/mol. The van der Waals surface area contributed by atoms with Gasteiger partial charge in [-0.2, -0.15) is 18.3 Å². The van der Waals surface area contributed by atoms with Gasteiger partial charge in [0.1, 0.15) is 6.54 Å². The van der Waals surface area contributed by atoms with E-state index in [4.69, 9.17) is 0 Å². The van der Waals surface area contributed by atoms with E-state index in [1.54, 1.807) is 12.1 Å². The van der Waals surface area contributed by atoms with E-state index in [1.807, 2.05) is 19.9 Å². The van der Waals surface area contributed by atoms with Crippen LogP contribution in [0, 0.1) is 0 Å². The van der Waals surface area contributed by atoms with E-state index in [0.29, 0.717) is 30.5 Å². The molecule has 2 heterocycles. The average Bonchev–Trinajstić information content (AvgIpc) is 2.62. The Morgan fingerprint density at radius 2 is 2.07 bits per heavy atom. The number of rotatable bonds is 5. The number of hydrogen-bond donors (Lipinski definition) is 1. The topological polar surface area (TPSA) is 67.2 Å². The Bertz CT molecular complexity index is 990. The molecular formula is C20H24BrF3N4O2. The number of alkyl halides is 3. The number of nitrogens with one attached hydrogen (secondary N) is 1. The fourth-order valence-corrected chi connectivity index (χ4v) is 4.16. The Hall–Kier alpha value is -1.94. The molecule has 1 aromatic carbocycles. The standard InChI is InChI=1S/C20H24BrF3N4O2/c1-12(2)18-16-8-13(21)5-6-15(16)19(30)28(26-18)10-17(29)25-14-4-3-7-27(9-14)11-20(22,23)24/h5-6,8,12,14H,3-4,7,9-11H2,1-2H3,(H,25,29). The van der Waals surface area contributed by atoms with Crippen LogP contribution in [0.3, 0.4) is 0 Å². The number of benzene rings is 1. The number of fused-ring (bicyclic) bond motifs is 1. The highest BCUT2D eigenvalue weighted by Gasteiger charge is 2.33. The van der Waals surface area contributed by atoms with Crippen LogP contribution < -0.4 is 10.9 Å². The van der Waals surface area contributed by atoms with Gasteiger partial charge in [-0.25, -0.2) is 4.68 Å². The number of amides is 1. The van der Waals surface area contributed by atoms with Crippen molar-refractivity contribution in [2.24, 2.45) is 0 Å². The predicted molar refractivity (Wildman–Crippen MR) is 111 cm³/mol. The summed E-state index contributed by atoms with van der Waals surface area (Å²) in [5, 5.41) is 8.37. The molecule has 2 aromatic rings. The third-order valence-corrected chi connectivity index (χ3v) is 5.56. The van der Waals surface area contributed by atoms with E-state index >= 15 is 0 Å². The third-order valence-electron chi connectivity index (χ3n) is 5.06. The van der Waals surface area contributed by atoms with Crippen LogP contribution in [0.1, 0.15) is 38.3 Å². The zero-order valence-corrected chi connectivity index (χ0v) is 18.4. The van der Waals surface area contributed by atoms with Gasteiger partial charge >= 0.3 is 6.18 Å². The van der Waals surface area contributed by atoms with Gasteiger partial charge in [0.25, 0.3) is 5.56 Å². The molecule has 1 aromatic heterocycles. The SMILES string of the molecule is CC(C)c1nn(CC(=O)NC2CCCN(CC(F)(F)F)C2)c(=O)c2ccc(Br)cc12. The molecule has 1 N–H and O–H groups in total. The molecule has 1 atom stereocenters. The molecule has 3 rings (SSSR count). The van der Waals surface area contributed by atoms with E-state index in [1.165, 1.54) is 4.90 Å². The number of carbonyl (C=O) groups is 1. The minimum absolute atomic E-state index is 0.0333. The first kappa shape index (κ1) is 22.7. The molecule has 1 fully saturated rings. The maximum atomic E-state index is 12.8. The summed E-state index contributed by atoms with van der Waals surface area (Å²) in [7, 11) is 0. The minimum atomic E-state index is -4.27. The van der Waals surface area contributed by atoms with Crippen molar-refractivity contribution < 1.29 is 18.0 Å². The zero-order chi connectivity index (χ0) is 22.1. The summed E-state index contributed by atoms with van der Waals surface area (Å²) in [5.74, 6) is -0.402. The van der Waals surface area contributed by atoms with Gasteiger partial charge in [-0.1, -0.05) is 29.8 Å². The Kier molecular flexibility index (Phi) is 6.86. The van der Waals surface area contributed by atoms with Crippen LogP contribution in [0.25, 0.3) is 10.8 Å². The van der Waals surface area contributed by atoms with Crippen LogP contribution in [0.4, 0.5) is 13.2 Å². The second-order valence-electron chi connectivity index (χ2n) is 7.95. The quantitative estimate of drug-likeness (QED) is 0.699. The highest BCUT2D eigenvalue weighted by molar-refractivity contribution is 9.10. The summed E-state index contributed by atoms with van der Waals surface area (Å²) in [5.41, 5.74) is 0.326. The Labute approximate surface area is 180 Å². The smallest absolute Gasteiger partial charge is 0.350 e. The van der Waals surface area contributed by atoms with Crippen molar-refractivity contribution in [1.29, 1.82) is 0 Å². The lowest BCUT2D eigenvalue weighted by Gasteiger charge is -2.33. The van der Waals surface area contributed by atoms with Crippen LogP contribution in [-0.2, 0) is 11.3 Å².